The second-order valence-corrected chi connectivity index (χ2v) is 5.75. The van der Waals surface area contributed by atoms with Gasteiger partial charge in [-0.2, -0.15) is 0 Å². The van der Waals surface area contributed by atoms with Crippen molar-refractivity contribution in [2.75, 3.05) is 0 Å². The molecule has 4 nitrogen and oxygen atoms in total. The van der Waals surface area contributed by atoms with Crippen LogP contribution in [0.2, 0.25) is 5.02 Å². The molecule has 3 aromatic rings. The third kappa shape index (κ3) is 3.85. The molecule has 0 saturated carbocycles. The summed E-state index contributed by atoms with van der Waals surface area (Å²) in [4.78, 5) is 11.0. The van der Waals surface area contributed by atoms with Crippen molar-refractivity contribution in [1.29, 1.82) is 0 Å². The molecule has 0 aliphatic rings. The molecule has 1 aromatic heterocycles. The molecular formula is C19H16ClNO3. The molecule has 0 spiro atoms. The SMILES string of the molecule is O=C(O)c1cccc(-c2ccc(CNCc3ccccc3Cl)o2)c1. The van der Waals surface area contributed by atoms with Crippen LogP contribution in [0.5, 0.6) is 0 Å². The van der Waals surface area contributed by atoms with Gasteiger partial charge in [-0.15, -0.1) is 0 Å². The van der Waals surface area contributed by atoms with Crippen molar-refractivity contribution in [2.24, 2.45) is 0 Å². The zero-order valence-electron chi connectivity index (χ0n) is 12.8. The molecule has 0 fully saturated rings. The predicted molar refractivity (Wildman–Crippen MR) is 93.1 cm³/mol. The summed E-state index contributed by atoms with van der Waals surface area (Å²) in [5, 5.41) is 13.1. The number of hydrogen-bond acceptors (Lipinski definition) is 3. The summed E-state index contributed by atoms with van der Waals surface area (Å²) in [6.07, 6.45) is 0. The number of carboxylic acids is 1. The van der Waals surface area contributed by atoms with Crippen LogP contribution in [-0.2, 0) is 13.1 Å². The Kier molecular flexibility index (Phi) is 4.99. The van der Waals surface area contributed by atoms with Crippen LogP contribution < -0.4 is 5.32 Å². The highest BCUT2D eigenvalue weighted by molar-refractivity contribution is 6.31. The molecule has 0 atom stereocenters. The number of benzene rings is 2. The smallest absolute Gasteiger partial charge is 0.335 e. The fourth-order valence-electron chi connectivity index (χ4n) is 2.40. The van der Waals surface area contributed by atoms with Gasteiger partial charge in [-0.1, -0.05) is 41.9 Å². The Labute approximate surface area is 144 Å². The van der Waals surface area contributed by atoms with Crippen LogP contribution in [0, 0.1) is 0 Å². The zero-order valence-corrected chi connectivity index (χ0v) is 13.6. The summed E-state index contributed by atoms with van der Waals surface area (Å²) in [5.74, 6) is 0.468. The van der Waals surface area contributed by atoms with Gasteiger partial charge in [0.2, 0.25) is 0 Å². The third-order valence-electron chi connectivity index (χ3n) is 3.63. The van der Waals surface area contributed by atoms with Gasteiger partial charge in [0.05, 0.1) is 12.1 Å². The molecule has 0 radical (unpaired) electrons. The van der Waals surface area contributed by atoms with Crippen LogP contribution in [0.25, 0.3) is 11.3 Å². The van der Waals surface area contributed by atoms with Gasteiger partial charge in [-0.3, -0.25) is 0 Å². The first kappa shape index (κ1) is 16.3. The van der Waals surface area contributed by atoms with Gasteiger partial charge in [0.15, 0.2) is 0 Å². The molecule has 5 heteroatoms. The zero-order chi connectivity index (χ0) is 16.9. The highest BCUT2D eigenvalue weighted by Gasteiger charge is 2.08. The van der Waals surface area contributed by atoms with Gasteiger partial charge >= 0.3 is 5.97 Å². The van der Waals surface area contributed by atoms with Gasteiger partial charge in [-0.25, -0.2) is 4.79 Å². The number of nitrogens with one attached hydrogen (secondary N) is 1. The molecular weight excluding hydrogens is 326 g/mol. The number of halogens is 1. The van der Waals surface area contributed by atoms with Crippen molar-refractivity contribution in [3.63, 3.8) is 0 Å². The first-order chi connectivity index (χ1) is 11.6. The van der Waals surface area contributed by atoms with Crippen LogP contribution >= 0.6 is 11.6 Å². The quantitative estimate of drug-likeness (QED) is 0.688. The maximum Gasteiger partial charge on any atom is 0.335 e. The lowest BCUT2D eigenvalue weighted by atomic mass is 10.1. The van der Waals surface area contributed by atoms with Crippen LogP contribution in [-0.4, -0.2) is 11.1 Å². The van der Waals surface area contributed by atoms with Crippen LogP contribution in [0.15, 0.2) is 65.1 Å². The maximum atomic E-state index is 11.0. The molecule has 2 N–H and O–H groups in total. The summed E-state index contributed by atoms with van der Waals surface area (Å²) in [7, 11) is 0. The summed E-state index contributed by atoms with van der Waals surface area (Å²) in [6.45, 7) is 1.20. The van der Waals surface area contributed by atoms with Crippen molar-refractivity contribution in [1.82, 2.24) is 5.32 Å². The normalized spacial score (nSPS) is 10.7. The van der Waals surface area contributed by atoms with Crippen LogP contribution in [0.1, 0.15) is 21.7 Å². The Morgan fingerprint density at radius 1 is 1.04 bits per heavy atom. The fourth-order valence-corrected chi connectivity index (χ4v) is 2.60. The van der Waals surface area contributed by atoms with Crippen molar-refractivity contribution >= 4 is 17.6 Å². The minimum atomic E-state index is -0.954. The first-order valence-corrected chi connectivity index (χ1v) is 7.88. The molecule has 0 unspecified atom stereocenters. The minimum Gasteiger partial charge on any atom is -0.478 e. The van der Waals surface area contributed by atoms with E-state index in [0.717, 1.165) is 21.9 Å². The second-order valence-electron chi connectivity index (χ2n) is 5.35. The molecule has 3 rings (SSSR count). The number of carbonyl (C=O) groups is 1. The maximum absolute atomic E-state index is 11.0. The van der Waals surface area contributed by atoms with Crippen molar-refractivity contribution in [3.05, 3.63) is 82.6 Å². The molecule has 0 amide bonds. The first-order valence-electron chi connectivity index (χ1n) is 7.50. The lowest BCUT2D eigenvalue weighted by Gasteiger charge is -2.05. The average Bonchev–Trinajstić information content (AvgIpc) is 3.06. The number of aromatic carboxylic acids is 1. The summed E-state index contributed by atoms with van der Waals surface area (Å²) in [5.41, 5.74) is 2.01. The fraction of sp³-hybridized carbons (Fsp3) is 0.105. The van der Waals surface area contributed by atoms with Crippen molar-refractivity contribution in [3.8, 4) is 11.3 Å². The summed E-state index contributed by atoms with van der Waals surface area (Å²) >= 11 is 6.12. The minimum absolute atomic E-state index is 0.238. The monoisotopic (exact) mass is 341 g/mol. The van der Waals surface area contributed by atoms with Gasteiger partial charge in [-0.05, 0) is 35.9 Å². The van der Waals surface area contributed by atoms with Crippen molar-refractivity contribution in [2.45, 2.75) is 13.1 Å². The number of rotatable bonds is 6. The van der Waals surface area contributed by atoms with E-state index < -0.39 is 5.97 Å². The number of carboxylic acid groups (broad SMARTS) is 1. The number of furan rings is 1. The van der Waals surface area contributed by atoms with E-state index in [4.69, 9.17) is 21.1 Å². The topological polar surface area (TPSA) is 62.5 Å². The van der Waals surface area contributed by atoms with E-state index in [2.05, 4.69) is 5.32 Å². The van der Waals surface area contributed by atoms with E-state index in [1.165, 1.54) is 0 Å². The van der Waals surface area contributed by atoms with Gasteiger partial charge in [0, 0.05) is 17.1 Å². The molecule has 122 valence electrons. The molecule has 24 heavy (non-hydrogen) atoms. The Hall–Kier alpha value is -2.56. The lowest BCUT2D eigenvalue weighted by Crippen LogP contribution is -2.12. The molecule has 1 heterocycles. The van der Waals surface area contributed by atoms with Gasteiger partial charge in [0.25, 0.3) is 0 Å². The Morgan fingerprint density at radius 3 is 2.67 bits per heavy atom. The van der Waals surface area contributed by atoms with E-state index in [0.29, 0.717) is 18.8 Å². The Bertz CT molecular complexity index is 857. The Balaban J connectivity index is 1.64. The molecule has 0 aliphatic carbocycles. The third-order valence-corrected chi connectivity index (χ3v) is 4.00. The molecule has 0 saturated heterocycles. The molecule has 0 bridgehead atoms. The Morgan fingerprint density at radius 2 is 1.88 bits per heavy atom. The molecule has 0 aliphatic heterocycles. The van der Waals surface area contributed by atoms with Gasteiger partial charge < -0.3 is 14.8 Å². The standard InChI is InChI=1S/C19H16ClNO3/c20-17-7-2-1-4-15(17)11-21-12-16-8-9-18(24-16)13-5-3-6-14(10-13)19(22)23/h1-10,21H,11-12H2,(H,22,23). The molecule has 2 aromatic carbocycles. The van der Waals surface area contributed by atoms with Crippen molar-refractivity contribution < 1.29 is 14.3 Å². The van der Waals surface area contributed by atoms with E-state index in [1.54, 1.807) is 18.2 Å². The van der Waals surface area contributed by atoms with E-state index in [-0.39, 0.29) is 5.56 Å². The van der Waals surface area contributed by atoms with E-state index >= 15 is 0 Å². The van der Waals surface area contributed by atoms with Crippen LogP contribution in [0.3, 0.4) is 0 Å². The highest BCUT2D eigenvalue weighted by atomic mass is 35.5. The summed E-state index contributed by atoms with van der Waals surface area (Å²) < 4.78 is 5.78. The van der Waals surface area contributed by atoms with E-state index in [9.17, 15) is 4.79 Å². The summed E-state index contributed by atoms with van der Waals surface area (Å²) in [6, 6.07) is 18.1. The largest absolute Gasteiger partial charge is 0.478 e. The lowest BCUT2D eigenvalue weighted by molar-refractivity contribution is 0.0697. The van der Waals surface area contributed by atoms with Gasteiger partial charge in [0.1, 0.15) is 11.5 Å². The van der Waals surface area contributed by atoms with Crippen LogP contribution in [0.4, 0.5) is 0 Å². The van der Waals surface area contributed by atoms with E-state index in [1.807, 2.05) is 42.5 Å². The predicted octanol–water partition coefficient (Wildman–Crippen LogP) is 4.59. The number of hydrogen-bond donors (Lipinski definition) is 2. The average molecular weight is 342 g/mol. The second kappa shape index (κ2) is 7.34. The highest BCUT2D eigenvalue weighted by Crippen LogP contribution is 2.23.